The molecule has 0 aromatic heterocycles. The predicted molar refractivity (Wildman–Crippen MR) is 73.8 cm³/mol. The molecule has 2 unspecified atom stereocenters. The van der Waals surface area contributed by atoms with Gasteiger partial charge in [-0.1, -0.05) is 6.42 Å². The highest BCUT2D eigenvalue weighted by Gasteiger charge is 2.44. The van der Waals surface area contributed by atoms with Crippen LogP contribution in [0.25, 0.3) is 0 Å². The van der Waals surface area contributed by atoms with Crippen LogP contribution in [0, 0.1) is 0 Å². The van der Waals surface area contributed by atoms with Crippen LogP contribution in [-0.2, 0) is 4.74 Å². The molecule has 18 heavy (non-hydrogen) atoms. The van der Waals surface area contributed by atoms with E-state index >= 15 is 0 Å². The second-order valence-electron chi connectivity index (χ2n) is 6.48. The normalized spacial score (nSPS) is 36.5. The standard InChI is InChI=1S/C15H28N2O/c1-16-12-14-5-2-3-9-17(14)13-6-10-18-15(11-13)7-4-8-15/h13-14,16H,2-12H2,1H3. The maximum atomic E-state index is 6.08. The molecule has 3 heteroatoms. The van der Waals surface area contributed by atoms with Crippen LogP contribution in [-0.4, -0.2) is 49.3 Å². The first kappa shape index (κ1) is 12.9. The van der Waals surface area contributed by atoms with E-state index in [0.29, 0.717) is 5.60 Å². The third-order valence-electron chi connectivity index (χ3n) is 5.31. The number of likely N-dealkylation sites (tertiary alicyclic amines) is 1. The molecule has 0 radical (unpaired) electrons. The number of piperidine rings is 1. The average molecular weight is 252 g/mol. The summed E-state index contributed by atoms with van der Waals surface area (Å²) in [5, 5.41) is 3.38. The van der Waals surface area contributed by atoms with Gasteiger partial charge in [0.15, 0.2) is 0 Å². The van der Waals surface area contributed by atoms with Crippen LogP contribution in [0.3, 0.4) is 0 Å². The van der Waals surface area contributed by atoms with Crippen molar-refractivity contribution in [3.05, 3.63) is 0 Å². The van der Waals surface area contributed by atoms with Gasteiger partial charge >= 0.3 is 0 Å². The maximum absolute atomic E-state index is 6.08. The van der Waals surface area contributed by atoms with E-state index in [-0.39, 0.29) is 0 Å². The van der Waals surface area contributed by atoms with Crippen LogP contribution in [0.1, 0.15) is 51.4 Å². The molecular weight excluding hydrogens is 224 g/mol. The molecule has 1 N–H and O–H groups in total. The molecule has 3 rings (SSSR count). The first-order valence-corrected chi connectivity index (χ1v) is 7.87. The van der Waals surface area contributed by atoms with Crippen molar-refractivity contribution in [2.45, 2.75) is 69.1 Å². The summed E-state index contributed by atoms with van der Waals surface area (Å²) in [6, 6.07) is 1.56. The number of ether oxygens (including phenoxy) is 1. The Labute approximate surface area is 111 Å². The van der Waals surface area contributed by atoms with E-state index in [9.17, 15) is 0 Å². The van der Waals surface area contributed by atoms with E-state index in [2.05, 4.69) is 17.3 Å². The lowest BCUT2D eigenvalue weighted by atomic mass is 9.73. The highest BCUT2D eigenvalue weighted by molar-refractivity contribution is 4.98. The van der Waals surface area contributed by atoms with Gasteiger partial charge in [0.05, 0.1) is 5.60 Å². The van der Waals surface area contributed by atoms with Crippen LogP contribution < -0.4 is 5.32 Å². The summed E-state index contributed by atoms with van der Waals surface area (Å²) < 4.78 is 6.08. The molecule has 3 aliphatic rings. The van der Waals surface area contributed by atoms with Crippen molar-refractivity contribution < 1.29 is 4.74 Å². The number of likely N-dealkylation sites (N-methyl/N-ethyl adjacent to an activating group) is 1. The van der Waals surface area contributed by atoms with Gasteiger partial charge in [0.2, 0.25) is 0 Å². The summed E-state index contributed by atoms with van der Waals surface area (Å²) in [5.74, 6) is 0. The number of rotatable bonds is 3. The van der Waals surface area contributed by atoms with Crippen molar-refractivity contribution in [2.75, 3.05) is 26.7 Å². The summed E-state index contributed by atoms with van der Waals surface area (Å²) in [6.07, 6.45) is 10.7. The van der Waals surface area contributed by atoms with Crippen molar-refractivity contribution >= 4 is 0 Å². The minimum Gasteiger partial charge on any atom is -0.375 e. The third-order valence-corrected chi connectivity index (χ3v) is 5.31. The Kier molecular flexibility index (Phi) is 3.92. The maximum Gasteiger partial charge on any atom is 0.0697 e. The molecule has 1 saturated carbocycles. The number of nitrogens with one attached hydrogen (secondary N) is 1. The molecule has 2 heterocycles. The third kappa shape index (κ3) is 2.45. The summed E-state index contributed by atoms with van der Waals surface area (Å²) in [4.78, 5) is 2.81. The summed E-state index contributed by atoms with van der Waals surface area (Å²) in [6.45, 7) is 3.46. The number of hydrogen-bond donors (Lipinski definition) is 1. The van der Waals surface area contributed by atoms with E-state index in [1.54, 1.807) is 0 Å². The monoisotopic (exact) mass is 252 g/mol. The Balaban J connectivity index is 1.64. The van der Waals surface area contributed by atoms with Gasteiger partial charge in [0.1, 0.15) is 0 Å². The highest BCUT2D eigenvalue weighted by atomic mass is 16.5. The molecule has 104 valence electrons. The molecule has 2 atom stereocenters. The van der Waals surface area contributed by atoms with E-state index < -0.39 is 0 Å². The van der Waals surface area contributed by atoms with Crippen LogP contribution in [0.5, 0.6) is 0 Å². The van der Waals surface area contributed by atoms with Gasteiger partial charge in [0.25, 0.3) is 0 Å². The molecule has 3 fully saturated rings. The predicted octanol–water partition coefficient (Wildman–Crippen LogP) is 2.16. The van der Waals surface area contributed by atoms with E-state index in [0.717, 1.165) is 25.2 Å². The lowest BCUT2D eigenvalue weighted by Crippen LogP contribution is -2.56. The fourth-order valence-corrected chi connectivity index (χ4v) is 4.16. The lowest BCUT2D eigenvalue weighted by Gasteiger charge is -2.51. The van der Waals surface area contributed by atoms with Gasteiger partial charge < -0.3 is 10.1 Å². The first-order chi connectivity index (χ1) is 8.83. The molecule has 1 spiro atoms. The minimum atomic E-state index is 0.296. The van der Waals surface area contributed by atoms with Gasteiger partial charge in [-0.2, -0.15) is 0 Å². The Bertz CT molecular complexity index is 276. The lowest BCUT2D eigenvalue weighted by molar-refractivity contribution is -0.153. The van der Waals surface area contributed by atoms with E-state index in [1.807, 2.05) is 0 Å². The second-order valence-corrected chi connectivity index (χ2v) is 6.48. The van der Waals surface area contributed by atoms with Crippen molar-refractivity contribution in [3.8, 4) is 0 Å². The largest absolute Gasteiger partial charge is 0.375 e. The van der Waals surface area contributed by atoms with E-state index in [4.69, 9.17) is 4.74 Å². The average Bonchev–Trinajstić information content (AvgIpc) is 2.38. The Morgan fingerprint density at radius 3 is 2.83 bits per heavy atom. The van der Waals surface area contributed by atoms with Crippen molar-refractivity contribution in [3.63, 3.8) is 0 Å². The minimum absolute atomic E-state index is 0.296. The first-order valence-electron chi connectivity index (χ1n) is 7.87. The number of nitrogens with zero attached hydrogens (tertiary/aromatic N) is 1. The van der Waals surface area contributed by atoms with Crippen LogP contribution >= 0.6 is 0 Å². The van der Waals surface area contributed by atoms with Crippen LogP contribution in [0.15, 0.2) is 0 Å². The fraction of sp³-hybridized carbons (Fsp3) is 1.00. The van der Waals surface area contributed by atoms with Gasteiger partial charge in [0, 0.05) is 25.2 Å². The summed E-state index contributed by atoms with van der Waals surface area (Å²) >= 11 is 0. The Morgan fingerprint density at radius 1 is 1.22 bits per heavy atom. The fourth-order valence-electron chi connectivity index (χ4n) is 4.16. The quantitative estimate of drug-likeness (QED) is 0.833. The van der Waals surface area contributed by atoms with Gasteiger partial charge in [-0.3, -0.25) is 4.90 Å². The molecule has 2 saturated heterocycles. The van der Waals surface area contributed by atoms with Crippen molar-refractivity contribution in [2.24, 2.45) is 0 Å². The van der Waals surface area contributed by atoms with Crippen LogP contribution in [0.2, 0.25) is 0 Å². The molecule has 0 aromatic carbocycles. The summed E-state index contributed by atoms with van der Waals surface area (Å²) in [7, 11) is 2.09. The molecule has 0 aromatic rings. The Hall–Kier alpha value is -0.120. The van der Waals surface area contributed by atoms with Crippen LogP contribution in [0.4, 0.5) is 0 Å². The molecule has 3 nitrogen and oxygen atoms in total. The van der Waals surface area contributed by atoms with Gasteiger partial charge in [-0.15, -0.1) is 0 Å². The van der Waals surface area contributed by atoms with Crippen molar-refractivity contribution in [1.29, 1.82) is 0 Å². The van der Waals surface area contributed by atoms with Gasteiger partial charge in [-0.25, -0.2) is 0 Å². The van der Waals surface area contributed by atoms with Crippen molar-refractivity contribution in [1.82, 2.24) is 10.2 Å². The molecule has 2 aliphatic heterocycles. The SMILES string of the molecule is CNCC1CCCCN1C1CCOC2(CCC2)C1. The second kappa shape index (κ2) is 5.48. The summed E-state index contributed by atoms with van der Waals surface area (Å²) in [5.41, 5.74) is 0.296. The zero-order valence-corrected chi connectivity index (χ0v) is 11.8. The molecule has 0 amide bonds. The molecule has 0 bridgehead atoms. The molecule has 1 aliphatic carbocycles. The molecular formula is C15H28N2O. The highest BCUT2D eigenvalue weighted by Crippen LogP contribution is 2.44. The number of hydrogen-bond acceptors (Lipinski definition) is 3. The van der Waals surface area contributed by atoms with E-state index in [1.165, 1.54) is 57.9 Å². The Morgan fingerprint density at radius 2 is 2.11 bits per heavy atom. The zero-order chi connectivity index (χ0) is 12.4. The van der Waals surface area contributed by atoms with Gasteiger partial charge in [-0.05, 0) is 58.5 Å². The smallest absolute Gasteiger partial charge is 0.0697 e. The topological polar surface area (TPSA) is 24.5 Å². The zero-order valence-electron chi connectivity index (χ0n) is 11.8.